The largest absolute Gasteiger partial charge is 0.462 e. The summed E-state index contributed by atoms with van der Waals surface area (Å²) in [6.07, 6.45) is 0.603. The highest BCUT2D eigenvalue weighted by Gasteiger charge is 2.28. The highest BCUT2D eigenvalue weighted by Crippen LogP contribution is 2.22. The Morgan fingerprint density at radius 2 is 1.94 bits per heavy atom. The smallest absolute Gasteiger partial charge is 0.389 e. The molecular formula is C11H14Cl2O3Si. The number of ether oxygens (including phenoxy) is 1. The molecule has 0 spiro atoms. The summed E-state index contributed by atoms with van der Waals surface area (Å²) in [5.41, 5.74) is 0.541. The summed E-state index contributed by atoms with van der Waals surface area (Å²) in [5.74, 6) is -0.334. The van der Waals surface area contributed by atoms with Gasteiger partial charge in [0.05, 0.1) is 12.2 Å². The van der Waals surface area contributed by atoms with Crippen molar-refractivity contribution in [3.05, 3.63) is 35.9 Å². The molecule has 1 rings (SSSR count). The Morgan fingerprint density at radius 1 is 1.29 bits per heavy atom. The molecule has 0 heterocycles. The Kier molecular flexibility index (Phi) is 5.98. The molecule has 0 aliphatic heterocycles. The van der Waals surface area contributed by atoms with Gasteiger partial charge in [-0.3, -0.25) is 0 Å². The summed E-state index contributed by atoms with van der Waals surface area (Å²) >= 11 is 11.8. The van der Waals surface area contributed by atoms with Crippen molar-refractivity contribution in [3.8, 4) is 0 Å². The molecule has 0 aliphatic rings. The van der Waals surface area contributed by atoms with Gasteiger partial charge in [0.25, 0.3) is 0 Å². The van der Waals surface area contributed by atoms with E-state index in [-0.39, 0.29) is 5.97 Å². The predicted octanol–water partition coefficient (Wildman–Crippen LogP) is 3.30. The van der Waals surface area contributed by atoms with Crippen LogP contribution in [0.25, 0.3) is 0 Å². The lowest BCUT2D eigenvalue weighted by Crippen LogP contribution is -2.22. The lowest BCUT2D eigenvalue weighted by atomic mass is 10.2. The highest BCUT2D eigenvalue weighted by atomic mass is 35.7. The van der Waals surface area contributed by atoms with E-state index in [1.165, 1.54) is 7.11 Å². The van der Waals surface area contributed by atoms with Crippen molar-refractivity contribution in [2.75, 3.05) is 13.7 Å². The number of benzene rings is 1. The van der Waals surface area contributed by atoms with Crippen molar-refractivity contribution in [2.45, 2.75) is 12.5 Å². The van der Waals surface area contributed by atoms with Crippen LogP contribution in [0.5, 0.6) is 0 Å². The van der Waals surface area contributed by atoms with Crippen molar-refractivity contribution in [2.24, 2.45) is 0 Å². The molecule has 0 radical (unpaired) electrons. The van der Waals surface area contributed by atoms with E-state index in [0.717, 1.165) is 0 Å². The van der Waals surface area contributed by atoms with Crippen LogP contribution in [0.3, 0.4) is 0 Å². The first-order valence-corrected chi connectivity index (χ1v) is 9.34. The van der Waals surface area contributed by atoms with Crippen molar-refractivity contribution >= 4 is 35.1 Å². The normalized spacial score (nSPS) is 11.2. The van der Waals surface area contributed by atoms with E-state index in [9.17, 15) is 4.79 Å². The summed E-state index contributed by atoms with van der Waals surface area (Å²) in [6.45, 7) is -2.28. The number of esters is 1. The standard InChI is InChI=1S/C11H14Cl2O3Si/c1-15-17(12,13)9-5-8-16-11(14)10-6-3-2-4-7-10/h2-4,6-7H,5,8-9H2,1H3. The van der Waals surface area contributed by atoms with Crippen LogP contribution in [0, 0.1) is 0 Å². The fourth-order valence-electron chi connectivity index (χ4n) is 1.20. The van der Waals surface area contributed by atoms with Gasteiger partial charge in [-0.1, -0.05) is 18.2 Å². The zero-order chi connectivity index (χ0) is 12.7. The van der Waals surface area contributed by atoms with Gasteiger partial charge in [0, 0.05) is 7.11 Å². The lowest BCUT2D eigenvalue weighted by molar-refractivity contribution is 0.0504. The Hall–Kier alpha value is -0.553. The molecule has 0 unspecified atom stereocenters. The molecule has 0 aromatic heterocycles. The molecule has 3 nitrogen and oxygen atoms in total. The first-order chi connectivity index (χ1) is 8.05. The summed E-state index contributed by atoms with van der Waals surface area (Å²) < 4.78 is 10.0. The molecular weight excluding hydrogens is 279 g/mol. The molecule has 0 saturated carbocycles. The van der Waals surface area contributed by atoms with E-state index in [0.29, 0.717) is 24.6 Å². The Morgan fingerprint density at radius 3 is 2.53 bits per heavy atom. The summed E-state index contributed by atoms with van der Waals surface area (Å²) in [6, 6.07) is 9.37. The lowest BCUT2D eigenvalue weighted by Gasteiger charge is -2.13. The van der Waals surface area contributed by atoms with Crippen LogP contribution in [-0.2, 0) is 9.16 Å². The quantitative estimate of drug-likeness (QED) is 0.349. The third-order valence-corrected chi connectivity index (χ3v) is 5.75. The molecule has 0 fully saturated rings. The maximum Gasteiger partial charge on any atom is 0.389 e. The molecule has 0 saturated heterocycles. The molecule has 6 heteroatoms. The molecule has 0 N–H and O–H groups in total. The van der Waals surface area contributed by atoms with Crippen LogP contribution < -0.4 is 0 Å². The molecule has 0 atom stereocenters. The molecule has 17 heavy (non-hydrogen) atoms. The minimum Gasteiger partial charge on any atom is -0.462 e. The van der Waals surface area contributed by atoms with Crippen LogP contribution in [0.4, 0.5) is 0 Å². The van der Waals surface area contributed by atoms with Gasteiger partial charge < -0.3 is 9.16 Å². The van der Waals surface area contributed by atoms with E-state index in [2.05, 4.69) is 0 Å². The molecule has 0 aliphatic carbocycles. The van der Waals surface area contributed by atoms with Crippen LogP contribution >= 0.6 is 22.2 Å². The average molecular weight is 293 g/mol. The van der Waals surface area contributed by atoms with Gasteiger partial charge in [0.1, 0.15) is 0 Å². The van der Waals surface area contributed by atoms with Gasteiger partial charge in [-0.15, -0.1) is 22.2 Å². The zero-order valence-electron chi connectivity index (χ0n) is 9.49. The first kappa shape index (κ1) is 14.5. The Bertz CT molecular complexity index is 357. The van der Waals surface area contributed by atoms with E-state index in [1.807, 2.05) is 6.07 Å². The molecule has 1 aromatic rings. The van der Waals surface area contributed by atoms with Gasteiger partial charge in [0.2, 0.25) is 0 Å². The number of hydrogen-bond donors (Lipinski definition) is 0. The van der Waals surface area contributed by atoms with Gasteiger partial charge in [-0.05, 0) is 24.6 Å². The van der Waals surface area contributed by atoms with Crippen LogP contribution in [-0.4, -0.2) is 26.6 Å². The van der Waals surface area contributed by atoms with Crippen LogP contribution in [0.2, 0.25) is 6.04 Å². The van der Waals surface area contributed by atoms with Gasteiger partial charge >= 0.3 is 12.9 Å². The van der Waals surface area contributed by atoms with E-state index < -0.39 is 6.94 Å². The maximum absolute atomic E-state index is 11.5. The van der Waals surface area contributed by atoms with Crippen molar-refractivity contribution in [1.82, 2.24) is 0 Å². The maximum atomic E-state index is 11.5. The molecule has 94 valence electrons. The second-order valence-electron chi connectivity index (χ2n) is 3.45. The number of rotatable bonds is 6. The van der Waals surface area contributed by atoms with Crippen molar-refractivity contribution in [3.63, 3.8) is 0 Å². The zero-order valence-corrected chi connectivity index (χ0v) is 12.0. The van der Waals surface area contributed by atoms with E-state index in [4.69, 9.17) is 31.3 Å². The fraction of sp³-hybridized carbons (Fsp3) is 0.364. The number of carbonyl (C=O) groups excluding carboxylic acids is 1. The number of carbonyl (C=O) groups is 1. The third kappa shape index (κ3) is 5.54. The van der Waals surface area contributed by atoms with E-state index in [1.54, 1.807) is 24.3 Å². The van der Waals surface area contributed by atoms with Crippen molar-refractivity contribution in [1.29, 1.82) is 0 Å². The van der Waals surface area contributed by atoms with Gasteiger partial charge in [-0.25, -0.2) is 4.79 Å². The minimum atomic E-state index is -2.58. The summed E-state index contributed by atoms with van der Waals surface area (Å²) in [5, 5.41) is 0. The molecule has 0 amide bonds. The number of hydrogen-bond acceptors (Lipinski definition) is 3. The highest BCUT2D eigenvalue weighted by molar-refractivity contribution is 7.42. The summed E-state index contributed by atoms with van der Waals surface area (Å²) in [4.78, 5) is 11.5. The fourth-order valence-corrected chi connectivity index (χ4v) is 2.76. The Balaban J connectivity index is 2.26. The van der Waals surface area contributed by atoms with Crippen molar-refractivity contribution < 1.29 is 14.0 Å². The average Bonchev–Trinajstić information content (AvgIpc) is 2.35. The van der Waals surface area contributed by atoms with Crippen LogP contribution in [0.15, 0.2) is 30.3 Å². The predicted molar refractivity (Wildman–Crippen MR) is 70.6 cm³/mol. The van der Waals surface area contributed by atoms with Gasteiger partial charge in [-0.2, -0.15) is 0 Å². The monoisotopic (exact) mass is 292 g/mol. The second kappa shape index (κ2) is 7.01. The minimum absolute atomic E-state index is 0.297. The molecule has 0 bridgehead atoms. The molecule has 1 aromatic carbocycles. The van der Waals surface area contributed by atoms with E-state index >= 15 is 0 Å². The SMILES string of the molecule is CO[Si](Cl)(Cl)CCCOC(=O)c1ccccc1. The van der Waals surface area contributed by atoms with Crippen LogP contribution in [0.1, 0.15) is 16.8 Å². The second-order valence-corrected chi connectivity index (χ2v) is 9.87. The topological polar surface area (TPSA) is 35.5 Å². The third-order valence-electron chi connectivity index (χ3n) is 2.15. The number of halogens is 2. The van der Waals surface area contributed by atoms with Gasteiger partial charge in [0.15, 0.2) is 0 Å². The Labute approximate surface area is 111 Å². The first-order valence-electron chi connectivity index (χ1n) is 5.20. The summed E-state index contributed by atoms with van der Waals surface area (Å²) in [7, 11) is 1.49.